The van der Waals surface area contributed by atoms with Gasteiger partial charge in [0.1, 0.15) is 0 Å². The van der Waals surface area contributed by atoms with Gasteiger partial charge in [-0.05, 0) is 162 Å². The largest absolute Gasteiger partial charge is 0.495 e. The minimum Gasteiger partial charge on any atom is -0.399 e. The molecule has 2 heterocycles. The Balaban J connectivity index is 1.25. The summed E-state index contributed by atoms with van der Waals surface area (Å²) in [6.45, 7) is 17.3. The van der Waals surface area contributed by atoms with E-state index in [2.05, 4.69) is 79.7 Å². The predicted octanol–water partition coefficient (Wildman–Crippen LogP) is 6.66. The van der Waals surface area contributed by atoms with Crippen LogP contribution in [0, 0.1) is 11.3 Å². The fraction of sp³-hybridized carbons (Fsp3) is 0.667. The Bertz CT molecular complexity index is 1440. The highest BCUT2D eigenvalue weighted by Gasteiger charge is 2.55. The van der Waals surface area contributed by atoms with E-state index < -0.39 is 0 Å². The van der Waals surface area contributed by atoms with Gasteiger partial charge in [0.15, 0.2) is 0 Å². The quantitative estimate of drug-likeness (QED) is 0.390. The molecule has 6 aliphatic rings. The van der Waals surface area contributed by atoms with Crippen molar-refractivity contribution < 1.29 is 18.6 Å². The molecule has 42 heavy (non-hydrogen) atoms. The molecule has 0 amide bonds. The lowest BCUT2D eigenvalue weighted by Crippen LogP contribution is -2.41. The molecule has 2 aliphatic heterocycles. The molecule has 4 nitrogen and oxygen atoms in total. The minimum atomic E-state index is -0.337. The monoisotopic (exact) mass is 566 g/mol. The Morgan fingerprint density at radius 2 is 1.10 bits per heavy atom. The van der Waals surface area contributed by atoms with Crippen LogP contribution in [0.25, 0.3) is 11.1 Å². The minimum absolute atomic E-state index is 0.298. The van der Waals surface area contributed by atoms with Crippen molar-refractivity contribution in [2.24, 2.45) is 11.3 Å². The smallest absolute Gasteiger partial charge is 0.399 e. The average Bonchev–Trinajstić information content (AvgIpc) is 3.64. The lowest BCUT2D eigenvalue weighted by molar-refractivity contribution is 0.00578. The number of rotatable bonds is 3. The highest BCUT2D eigenvalue weighted by Crippen LogP contribution is 2.56. The van der Waals surface area contributed by atoms with E-state index in [1.54, 1.807) is 11.1 Å². The van der Waals surface area contributed by atoms with Crippen molar-refractivity contribution in [1.82, 2.24) is 0 Å². The van der Waals surface area contributed by atoms with E-state index >= 15 is 0 Å². The van der Waals surface area contributed by atoms with Gasteiger partial charge in [-0.15, -0.1) is 0 Å². The molecule has 0 radical (unpaired) electrons. The van der Waals surface area contributed by atoms with Gasteiger partial charge in [-0.3, -0.25) is 0 Å². The van der Waals surface area contributed by atoms with Gasteiger partial charge in [-0.25, -0.2) is 0 Å². The molecule has 2 unspecified atom stereocenters. The molecule has 4 fully saturated rings. The first kappa shape index (κ1) is 27.9. The van der Waals surface area contributed by atoms with Gasteiger partial charge in [0.2, 0.25) is 0 Å². The summed E-state index contributed by atoms with van der Waals surface area (Å²) in [7, 11) is -0.602. The summed E-state index contributed by atoms with van der Waals surface area (Å²) in [5.74, 6) is 1.43. The number of benzene rings is 2. The van der Waals surface area contributed by atoms with Crippen LogP contribution in [-0.4, -0.2) is 36.6 Å². The third-order valence-corrected chi connectivity index (χ3v) is 13.2. The van der Waals surface area contributed by atoms with E-state index in [0.29, 0.717) is 11.3 Å². The molecule has 0 aromatic heterocycles. The van der Waals surface area contributed by atoms with Crippen LogP contribution in [0.3, 0.4) is 0 Å². The molecular weight excluding hydrogens is 518 g/mol. The summed E-state index contributed by atoms with van der Waals surface area (Å²) in [5, 5.41) is 0. The molecule has 8 rings (SSSR count). The van der Waals surface area contributed by atoms with Crippen molar-refractivity contribution in [2.45, 2.75) is 141 Å². The normalized spacial score (nSPS) is 30.5. The molecule has 2 aromatic rings. The van der Waals surface area contributed by atoms with Crippen LogP contribution in [0.15, 0.2) is 24.3 Å². The zero-order chi connectivity index (χ0) is 29.4. The second-order valence-corrected chi connectivity index (χ2v) is 16.6. The topological polar surface area (TPSA) is 36.9 Å². The molecule has 0 bridgehead atoms. The van der Waals surface area contributed by atoms with Crippen LogP contribution in [0.1, 0.15) is 122 Å². The number of hydrogen-bond acceptors (Lipinski definition) is 4. The zero-order valence-corrected chi connectivity index (χ0v) is 27.1. The lowest BCUT2D eigenvalue weighted by Gasteiger charge is -2.32. The van der Waals surface area contributed by atoms with E-state index in [1.807, 2.05) is 0 Å². The number of hydrogen-bond donors (Lipinski definition) is 0. The van der Waals surface area contributed by atoms with Gasteiger partial charge in [0.05, 0.1) is 22.4 Å². The predicted molar refractivity (Wildman–Crippen MR) is 171 cm³/mol. The van der Waals surface area contributed by atoms with E-state index in [0.717, 1.165) is 18.8 Å². The molecule has 6 heteroatoms. The van der Waals surface area contributed by atoms with Crippen molar-refractivity contribution in [3.8, 4) is 11.1 Å². The Hall–Kier alpha value is -1.59. The van der Waals surface area contributed by atoms with E-state index in [9.17, 15) is 0 Å². The van der Waals surface area contributed by atoms with Crippen LogP contribution in [0.4, 0.5) is 0 Å². The first-order valence-corrected chi connectivity index (χ1v) is 16.7. The van der Waals surface area contributed by atoms with Gasteiger partial charge in [-0.1, -0.05) is 37.1 Å². The van der Waals surface area contributed by atoms with E-state index in [-0.39, 0.29) is 36.6 Å². The number of fused-ring (bicyclic) bond motifs is 4. The van der Waals surface area contributed by atoms with Crippen molar-refractivity contribution in [1.29, 1.82) is 0 Å². The van der Waals surface area contributed by atoms with Crippen molar-refractivity contribution in [3.63, 3.8) is 0 Å². The van der Waals surface area contributed by atoms with Crippen LogP contribution >= 0.6 is 0 Å². The zero-order valence-electron chi connectivity index (χ0n) is 27.1. The van der Waals surface area contributed by atoms with Crippen molar-refractivity contribution >= 4 is 25.2 Å². The molecule has 2 aromatic carbocycles. The molecule has 222 valence electrons. The first-order chi connectivity index (χ1) is 19.7. The van der Waals surface area contributed by atoms with Gasteiger partial charge in [0, 0.05) is 0 Å². The molecular formula is C36H48B2O4. The summed E-state index contributed by atoms with van der Waals surface area (Å²) in [6, 6.07) is 9.54. The Morgan fingerprint density at radius 1 is 0.595 bits per heavy atom. The maximum Gasteiger partial charge on any atom is 0.495 e. The summed E-state index contributed by atoms with van der Waals surface area (Å²) >= 11 is 0. The first-order valence-electron chi connectivity index (χ1n) is 16.7. The second kappa shape index (κ2) is 8.77. The molecule has 2 saturated heterocycles. The van der Waals surface area contributed by atoms with E-state index in [4.69, 9.17) is 18.6 Å². The van der Waals surface area contributed by atoms with Crippen LogP contribution in [-0.2, 0) is 37.9 Å². The average molecular weight is 566 g/mol. The summed E-state index contributed by atoms with van der Waals surface area (Å²) in [5.41, 5.74) is 10.7. The lowest BCUT2D eigenvalue weighted by atomic mass is 9.70. The van der Waals surface area contributed by atoms with Crippen molar-refractivity contribution in [2.75, 3.05) is 0 Å². The Labute approximate surface area is 253 Å². The SMILES string of the molecule is CC1(C)OB(c2ccc(-c3ccc(B4OC(C)(C)C(C)(C)O4)c4c3C3CCC3C4)c3c2CC2(CCCC2)C3)OC1(C)C. The maximum atomic E-state index is 6.64. The second-order valence-electron chi connectivity index (χ2n) is 16.6. The van der Waals surface area contributed by atoms with Crippen molar-refractivity contribution in [3.05, 3.63) is 46.5 Å². The van der Waals surface area contributed by atoms with Crippen LogP contribution < -0.4 is 10.9 Å². The molecule has 1 spiro atoms. The Kier molecular flexibility index (Phi) is 5.83. The maximum absolute atomic E-state index is 6.64. The highest BCUT2D eigenvalue weighted by atomic mass is 16.7. The van der Waals surface area contributed by atoms with Gasteiger partial charge in [0.25, 0.3) is 0 Å². The van der Waals surface area contributed by atoms with E-state index in [1.165, 1.54) is 78.1 Å². The highest BCUT2D eigenvalue weighted by molar-refractivity contribution is 6.63. The fourth-order valence-electron chi connectivity index (χ4n) is 9.07. The van der Waals surface area contributed by atoms with Crippen LogP contribution in [0.2, 0.25) is 0 Å². The third-order valence-electron chi connectivity index (χ3n) is 13.2. The summed E-state index contributed by atoms with van der Waals surface area (Å²) in [6.07, 6.45) is 11.5. The molecule has 2 saturated carbocycles. The standard InChI is InChI=1S/C36H48B2O4/c1-32(2)33(3,4)40-37(39-32)29-16-14-25(31-23-12-11-22(23)19-26(29)31)24-13-15-30(38-41-34(5,6)35(7,8)42-38)28-21-36(20-27(24)28)17-9-10-18-36/h13-16,22-23H,9-12,17-21H2,1-8H3. The molecule has 2 atom stereocenters. The van der Waals surface area contributed by atoms with Gasteiger partial charge >= 0.3 is 14.2 Å². The van der Waals surface area contributed by atoms with Gasteiger partial charge in [-0.2, -0.15) is 0 Å². The third kappa shape index (κ3) is 3.83. The Morgan fingerprint density at radius 3 is 1.62 bits per heavy atom. The molecule has 0 N–H and O–H groups in total. The summed E-state index contributed by atoms with van der Waals surface area (Å²) in [4.78, 5) is 0. The van der Waals surface area contributed by atoms with Gasteiger partial charge < -0.3 is 18.6 Å². The fourth-order valence-corrected chi connectivity index (χ4v) is 9.07. The molecule has 4 aliphatic carbocycles. The summed E-state index contributed by atoms with van der Waals surface area (Å²) < 4.78 is 26.5. The van der Waals surface area contributed by atoms with Crippen LogP contribution in [0.5, 0.6) is 0 Å².